The Morgan fingerprint density at radius 3 is 2.75 bits per heavy atom. The van der Waals surface area contributed by atoms with Crippen LogP contribution in [0.15, 0.2) is 47.6 Å². The predicted molar refractivity (Wildman–Crippen MR) is 123 cm³/mol. The van der Waals surface area contributed by atoms with E-state index in [9.17, 15) is 10.2 Å². The monoisotopic (exact) mass is 433 g/mol. The molecule has 0 radical (unpaired) electrons. The third-order valence-electron chi connectivity index (χ3n) is 8.49. The van der Waals surface area contributed by atoms with Crippen LogP contribution >= 0.6 is 0 Å². The first kappa shape index (κ1) is 21.2. The number of fused-ring (bicyclic) bond motifs is 5. The highest BCUT2D eigenvalue weighted by atomic mass is 16.5. The molecule has 2 aromatic rings. The molecule has 32 heavy (non-hydrogen) atoms. The average molecular weight is 434 g/mol. The van der Waals surface area contributed by atoms with Gasteiger partial charge in [0.2, 0.25) is 0 Å². The highest BCUT2D eigenvalue weighted by Gasteiger charge is 2.57. The van der Waals surface area contributed by atoms with Crippen molar-refractivity contribution in [2.75, 3.05) is 13.2 Å². The van der Waals surface area contributed by atoms with Gasteiger partial charge in [-0.3, -0.25) is 0 Å². The second-order valence-electron chi connectivity index (χ2n) is 10.00. The number of ether oxygens (including phenoxy) is 1. The van der Waals surface area contributed by atoms with Crippen LogP contribution in [0.1, 0.15) is 61.1 Å². The summed E-state index contributed by atoms with van der Waals surface area (Å²) in [6, 6.07) is 14.2. The lowest BCUT2D eigenvalue weighted by Crippen LogP contribution is -2.47. The second kappa shape index (κ2) is 8.34. The Hall–Kier alpha value is -2.69. The Balaban J connectivity index is 1.49. The standard InChI is InChI=1S/C26H31N3O3/c1-26-15-22(16-2-6-19(7-3-16)32-13-12-28-29-27)25-20-9-5-18(30)14-17(20)4-8-21(25)23(26)10-11-24(26)31/h2-3,5-7,9,14,21-25,30-31H,4,8,10-13,15H2,1H3/t21?,22-,23?,24+,25?,26+/m1/s1. The minimum atomic E-state index is -0.236. The summed E-state index contributed by atoms with van der Waals surface area (Å²) < 4.78 is 5.70. The van der Waals surface area contributed by atoms with Crippen LogP contribution in [0, 0.1) is 17.3 Å². The molecule has 6 nitrogen and oxygen atoms in total. The summed E-state index contributed by atoms with van der Waals surface area (Å²) in [5.41, 5.74) is 12.3. The Morgan fingerprint density at radius 2 is 1.97 bits per heavy atom. The number of azide groups is 1. The van der Waals surface area contributed by atoms with Crippen LogP contribution in [0.4, 0.5) is 0 Å². The van der Waals surface area contributed by atoms with Gasteiger partial charge in [0.05, 0.1) is 19.3 Å². The number of nitrogens with zero attached hydrogens (tertiary/aromatic N) is 3. The number of aryl methyl sites for hydroxylation is 1. The van der Waals surface area contributed by atoms with Crippen molar-refractivity contribution in [2.45, 2.75) is 57.0 Å². The molecule has 3 unspecified atom stereocenters. The smallest absolute Gasteiger partial charge is 0.119 e. The second-order valence-corrected chi connectivity index (χ2v) is 10.00. The first-order chi connectivity index (χ1) is 15.5. The van der Waals surface area contributed by atoms with Crippen LogP contribution < -0.4 is 4.74 Å². The highest BCUT2D eigenvalue weighted by molar-refractivity contribution is 5.43. The zero-order valence-corrected chi connectivity index (χ0v) is 18.5. The van der Waals surface area contributed by atoms with Gasteiger partial charge in [-0.1, -0.05) is 30.2 Å². The summed E-state index contributed by atoms with van der Waals surface area (Å²) in [6.45, 7) is 2.98. The number of hydrogen-bond donors (Lipinski definition) is 2. The summed E-state index contributed by atoms with van der Waals surface area (Å²) in [5, 5.41) is 24.5. The Bertz CT molecular complexity index is 1030. The molecule has 0 spiro atoms. The largest absolute Gasteiger partial charge is 0.508 e. The molecule has 0 saturated heterocycles. The van der Waals surface area contributed by atoms with Crippen molar-refractivity contribution in [1.82, 2.24) is 0 Å². The number of phenols is 1. The van der Waals surface area contributed by atoms with Crippen molar-refractivity contribution in [3.8, 4) is 11.5 Å². The van der Waals surface area contributed by atoms with Crippen LogP contribution in [-0.2, 0) is 6.42 Å². The number of aliphatic hydroxyl groups is 1. The Kier molecular flexibility index (Phi) is 5.52. The number of aromatic hydroxyl groups is 1. The third-order valence-corrected chi connectivity index (χ3v) is 8.49. The van der Waals surface area contributed by atoms with E-state index in [2.05, 4.69) is 35.1 Å². The van der Waals surface area contributed by atoms with Gasteiger partial charge >= 0.3 is 0 Å². The average Bonchev–Trinajstić information content (AvgIpc) is 3.10. The molecule has 0 heterocycles. The SMILES string of the molecule is C[C@]12C[C@H](c3ccc(OCCN=[N+]=[N-])cc3)C3c4ccc(O)cc4CCC3C1CC[C@@H]2O. The van der Waals surface area contributed by atoms with Crippen LogP contribution in [0.5, 0.6) is 11.5 Å². The van der Waals surface area contributed by atoms with Crippen LogP contribution in [-0.4, -0.2) is 29.5 Å². The fourth-order valence-corrected chi connectivity index (χ4v) is 7.05. The summed E-state index contributed by atoms with van der Waals surface area (Å²) in [7, 11) is 0. The molecule has 2 N–H and O–H groups in total. The summed E-state index contributed by atoms with van der Waals surface area (Å²) >= 11 is 0. The minimum Gasteiger partial charge on any atom is -0.508 e. The molecule has 2 fully saturated rings. The molecule has 6 atom stereocenters. The van der Waals surface area contributed by atoms with Crippen LogP contribution in [0.25, 0.3) is 10.4 Å². The third kappa shape index (κ3) is 3.52. The van der Waals surface area contributed by atoms with E-state index < -0.39 is 0 Å². The van der Waals surface area contributed by atoms with Crippen LogP contribution in [0.3, 0.4) is 0 Å². The van der Waals surface area contributed by atoms with E-state index in [1.165, 1.54) is 16.7 Å². The van der Waals surface area contributed by atoms with Gasteiger partial charge in [-0.2, -0.15) is 0 Å². The fourth-order valence-electron chi connectivity index (χ4n) is 7.05. The molecule has 0 bridgehead atoms. The van der Waals surface area contributed by atoms with E-state index in [4.69, 9.17) is 10.3 Å². The molecule has 168 valence electrons. The van der Waals surface area contributed by atoms with Gasteiger partial charge in [0.15, 0.2) is 0 Å². The Morgan fingerprint density at radius 1 is 1.16 bits per heavy atom. The molecule has 5 rings (SSSR count). The van der Waals surface area contributed by atoms with Crippen molar-refractivity contribution in [3.63, 3.8) is 0 Å². The normalized spacial score (nSPS) is 32.9. The van der Waals surface area contributed by atoms with Gasteiger partial charge in [-0.15, -0.1) is 0 Å². The zero-order valence-electron chi connectivity index (χ0n) is 18.5. The summed E-state index contributed by atoms with van der Waals surface area (Å²) in [6.07, 6.45) is 4.86. The van der Waals surface area contributed by atoms with E-state index in [1.54, 1.807) is 0 Å². The molecule has 6 heteroatoms. The van der Waals surface area contributed by atoms with E-state index in [1.807, 2.05) is 24.3 Å². The number of phenolic OH excluding ortho intramolecular Hbond substituents is 1. The first-order valence-corrected chi connectivity index (χ1v) is 11.7. The van der Waals surface area contributed by atoms with Crippen molar-refractivity contribution >= 4 is 0 Å². The molecule has 3 aliphatic carbocycles. The highest BCUT2D eigenvalue weighted by Crippen LogP contribution is 2.65. The maximum absolute atomic E-state index is 11.0. The quantitative estimate of drug-likeness (QED) is 0.274. The number of rotatable bonds is 5. The van der Waals surface area contributed by atoms with Gasteiger partial charge < -0.3 is 14.9 Å². The predicted octanol–water partition coefficient (Wildman–Crippen LogP) is 5.69. The molecule has 0 amide bonds. The number of aliphatic hydroxyl groups excluding tert-OH is 1. The Labute approximate surface area is 188 Å². The maximum atomic E-state index is 11.0. The van der Waals surface area contributed by atoms with E-state index in [-0.39, 0.29) is 11.5 Å². The molecule has 3 aliphatic rings. The molecule has 0 aliphatic heterocycles. The van der Waals surface area contributed by atoms with E-state index in [0.717, 1.165) is 37.9 Å². The van der Waals surface area contributed by atoms with Gasteiger partial charge in [0.1, 0.15) is 11.5 Å². The van der Waals surface area contributed by atoms with Crippen molar-refractivity contribution in [2.24, 2.45) is 22.4 Å². The molecule has 2 saturated carbocycles. The molecule has 0 aromatic heterocycles. The summed E-state index contributed by atoms with van der Waals surface area (Å²) in [5.74, 6) is 2.93. The lowest BCUT2D eigenvalue weighted by atomic mass is 9.51. The van der Waals surface area contributed by atoms with Crippen molar-refractivity contribution in [3.05, 3.63) is 69.6 Å². The van der Waals surface area contributed by atoms with E-state index in [0.29, 0.717) is 42.6 Å². The van der Waals surface area contributed by atoms with E-state index >= 15 is 0 Å². The van der Waals surface area contributed by atoms with Gasteiger partial charge in [0, 0.05) is 4.91 Å². The fraction of sp³-hybridized carbons (Fsp3) is 0.538. The van der Waals surface area contributed by atoms with Gasteiger partial charge in [-0.05, 0) is 108 Å². The maximum Gasteiger partial charge on any atom is 0.119 e. The number of benzene rings is 2. The lowest BCUT2D eigenvalue weighted by molar-refractivity contribution is -0.0323. The topological polar surface area (TPSA) is 98.5 Å². The van der Waals surface area contributed by atoms with Crippen molar-refractivity contribution in [1.29, 1.82) is 0 Å². The van der Waals surface area contributed by atoms with Gasteiger partial charge in [-0.25, -0.2) is 0 Å². The van der Waals surface area contributed by atoms with Crippen molar-refractivity contribution < 1.29 is 14.9 Å². The molecular weight excluding hydrogens is 402 g/mol. The lowest BCUT2D eigenvalue weighted by Gasteiger charge is -2.54. The number of hydrogen-bond acceptors (Lipinski definition) is 4. The minimum absolute atomic E-state index is 0.0509. The van der Waals surface area contributed by atoms with Gasteiger partial charge in [0.25, 0.3) is 0 Å². The molecular formula is C26H31N3O3. The summed E-state index contributed by atoms with van der Waals surface area (Å²) in [4.78, 5) is 2.75. The molecule has 2 aromatic carbocycles. The first-order valence-electron chi connectivity index (χ1n) is 11.7. The zero-order chi connectivity index (χ0) is 22.3. The van der Waals surface area contributed by atoms with Crippen LogP contribution in [0.2, 0.25) is 0 Å².